The van der Waals surface area contributed by atoms with Gasteiger partial charge in [0.15, 0.2) is 0 Å². The highest BCUT2D eigenvalue weighted by Gasteiger charge is 2.34. The molecule has 10 nitrogen and oxygen atoms in total. The van der Waals surface area contributed by atoms with Crippen LogP contribution >= 0.6 is 11.6 Å². The van der Waals surface area contributed by atoms with Gasteiger partial charge in [-0.05, 0) is 47.2 Å². The van der Waals surface area contributed by atoms with E-state index >= 15 is 0 Å². The summed E-state index contributed by atoms with van der Waals surface area (Å²) in [6, 6.07) is 8.73. The first kappa shape index (κ1) is 22.2. The first-order valence-electron chi connectivity index (χ1n) is 10.9. The SMILES string of the molecule is Nc1ccc(C2=NC(F)=C([C@@H]3CCc4nc(-c5cc(Cl)ccc5-n5cnnn5)cc(=O)n43)C2)c(F)n1. The third-order valence-electron chi connectivity index (χ3n) is 6.25. The van der Waals surface area contributed by atoms with Crippen LogP contribution in [0.1, 0.15) is 30.3 Å². The Morgan fingerprint density at radius 3 is 2.72 bits per heavy atom. The summed E-state index contributed by atoms with van der Waals surface area (Å²) >= 11 is 6.22. The van der Waals surface area contributed by atoms with Gasteiger partial charge in [-0.15, -0.1) is 5.10 Å². The van der Waals surface area contributed by atoms with E-state index in [1.807, 2.05) is 0 Å². The monoisotopic (exact) mass is 507 g/mol. The normalized spacial score (nSPS) is 17.0. The third-order valence-corrected chi connectivity index (χ3v) is 6.48. The van der Waals surface area contributed by atoms with Crippen LogP contribution in [0.25, 0.3) is 16.9 Å². The van der Waals surface area contributed by atoms with Gasteiger partial charge < -0.3 is 5.73 Å². The minimum Gasteiger partial charge on any atom is -0.384 e. The molecule has 3 aromatic heterocycles. The van der Waals surface area contributed by atoms with Crippen LogP contribution < -0.4 is 11.3 Å². The van der Waals surface area contributed by atoms with Crippen molar-refractivity contribution in [2.45, 2.75) is 25.3 Å². The van der Waals surface area contributed by atoms with E-state index in [4.69, 9.17) is 22.3 Å². The van der Waals surface area contributed by atoms with Crippen LogP contribution in [0.5, 0.6) is 0 Å². The van der Waals surface area contributed by atoms with Gasteiger partial charge in [0, 0.05) is 35.1 Å². The Morgan fingerprint density at radius 2 is 1.94 bits per heavy atom. The number of aliphatic imine (C=N–C) groups is 1. The van der Waals surface area contributed by atoms with Gasteiger partial charge in [-0.25, -0.2) is 15.0 Å². The maximum atomic E-state index is 15.0. The van der Waals surface area contributed by atoms with E-state index in [9.17, 15) is 13.6 Å². The lowest BCUT2D eigenvalue weighted by molar-refractivity contribution is 0.536. The molecular formula is C23H16ClF2N9O. The fourth-order valence-corrected chi connectivity index (χ4v) is 4.83. The van der Waals surface area contributed by atoms with Crippen LogP contribution in [-0.2, 0) is 6.42 Å². The van der Waals surface area contributed by atoms with Crippen molar-refractivity contribution in [2.24, 2.45) is 4.99 Å². The Hall–Kier alpha value is -4.32. The summed E-state index contributed by atoms with van der Waals surface area (Å²) in [7, 11) is 0. The highest BCUT2D eigenvalue weighted by atomic mass is 35.5. The van der Waals surface area contributed by atoms with E-state index in [1.54, 1.807) is 18.2 Å². The van der Waals surface area contributed by atoms with Crippen molar-refractivity contribution in [3.63, 3.8) is 0 Å². The molecule has 2 aliphatic heterocycles. The third kappa shape index (κ3) is 3.66. The van der Waals surface area contributed by atoms with E-state index in [0.717, 1.165) is 0 Å². The summed E-state index contributed by atoms with van der Waals surface area (Å²) in [6.45, 7) is 0. The van der Waals surface area contributed by atoms with Crippen molar-refractivity contribution in [3.05, 3.63) is 87.0 Å². The number of benzene rings is 1. The second-order valence-electron chi connectivity index (χ2n) is 8.36. The molecule has 2 N–H and O–H groups in total. The lowest BCUT2D eigenvalue weighted by Gasteiger charge is -2.17. The van der Waals surface area contributed by atoms with Crippen molar-refractivity contribution < 1.29 is 8.78 Å². The first-order valence-corrected chi connectivity index (χ1v) is 11.3. The summed E-state index contributed by atoms with van der Waals surface area (Å²) in [6.07, 6.45) is 2.37. The molecule has 2 aliphatic rings. The van der Waals surface area contributed by atoms with Crippen molar-refractivity contribution >= 4 is 23.1 Å². The van der Waals surface area contributed by atoms with Gasteiger partial charge in [-0.1, -0.05) is 11.6 Å². The van der Waals surface area contributed by atoms with Gasteiger partial charge in [-0.2, -0.15) is 13.5 Å². The van der Waals surface area contributed by atoms with Crippen LogP contribution in [0, 0.1) is 5.95 Å². The lowest BCUT2D eigenvalue weighted by atomic mass is 9.99. The molecule has 1 atom stereocenters. The summed E-state index contributed by atoms with van der Waals surface area (Å²) in [4.78, 5) is 25.5. The lowest BCUT2D eigenvalue weighted by Crippen LogP contribution is -2.25. The second kappa shape index (κ2) is 8.41. The Bertz CT molecular complexity index is 1650. The van der Waals surface area contributed by atoms with E-state index in [1.165, 1.54) is 33.8 Å². The van der Waals surface area contributed by atoms with Crippen LogP contribution in [0.2, 0.25) is 5.02 Å². The number of aromatic nitrogens is 7. The number of halogens is 3. The molecule has 0 unspecified atom stereocenters. The van der Waals surface area contributed by atoms with E-state index in [0.29, 0.717) is 46.2 Å². The molecule has 0 aliphatic carbocycles. The maximum absolute atomic E-state index is 15.0. The average Bonchev–Trinajstić information content (AvgIpc) is 3.59. The van der Waals surface area contributed by atoms with Gasteiger partial charge in [-0.3, -0.25) is 9.36 Å². The number of hydrogen-bond donors (Lipinski definition) is 1. The molecule has 13 heteroatoms. The van der Waals surface area contributed by atoms with E-state index in [2.05, 4.69) is 25.5 Å². The number of pyridine rings is 1. The molecule has 0 saturated carbocycles. The van der Waals surface area contributed by atoms with Crippen molar-refractivity contribution in [1.82, 2.24) is 34.7 Å². The molecule has 0 fully saturated rings. The minimum atomic E-state index is -0.821. The smallest absolute Gasteiger partial charge is 0.254 e. The number of nitrogens with two attached hydrogens (primary N) is 1. The molecule has 4 aromatic rings. The highest BCUT2D eigenvalue weighted by molar-refractivity contribution is 6.31. The Labute approximate surface area is 206 Å². The highest BCUT2D eigenvalue weighted by Crippen LogP contribution is 2.39. The van der Waals surface area contributed by atoms with Gasteiger partial charge in [0.1, 0.15) is 18.0 Å². The first-order chi connectivity index (χ1) is 17.4. The molecule has 5 heterocycles. The van der Waals surface area contributed by atoms with Gasteiger partial charge >= 0.3 is 0 Å². The largest absolute Gasteiger partial charge is 0.384 e. The topological polar surface area (TPSA) is 130 Å². The molecule has 0 saturated heterocycles. The fraction of sp³-hybridized carbons (Fsp3) is 0.174. The number of tetrazole rings is 1. The number of nitrogen functional groups attached to an aromatic ring is 1. The molecule has 0 bridgehead atoms. The zero-order valence-electron chi connectivity index (χ0n) is 18.4. The van der Waals surface area contributed by atoms with E-state index < -0.39 is 17.9 Å². The summed E-state index contributed by atoms with van der Waals surface area (Å²) in [5, 5.41) is 11.7. The van der Waals surface area contributed by atoms with Crippen LogP contribution in [-0.4, -0.2) is 40.5 Å². The van der Waals surface area contributed by atoms with Crippen LogP contribution in [0.4, 0.5) is 14.6 Å². The van der Waals surface area contributed by atoms with Crippen LogP contribution in [0.3, 0.4) is 0 Å². The molecule has 6 rings (SSSR count). The number of anilines is 1. The Morgan fingerprint density at radius 1 is 1.08 bits per heavy atom. The number of allylic oxidation sites excluding steroid dienone is 1. The zero-order chi connectivity index (χ0) is 25.0. The minimum absolute atomic E-state index is 0.0181. The van der Waals surface area contributed by atoms with Gasteiger partial charge in [0.2, 0.25) is 11.9 Å². The number of aryl methyl sites for hydroxylation is 1. The molecule has 1 aromatic carbocycles. The molecular weight excluding hydrogens is 492 g/mol. The standard InChI is InChI=1S/C23H16ClF2N9O/c24-11-1-3-17(34-10-28-32-33-34)13(7-11)16-9-21(36)35-18(4-6-20(35)29-16)14-8-15(30-23(14)26)12-2-5-19(27)31-22(12)25/h1-3,5,7,9-10,18H,4,6,8H2,(H2,27,31)/t18-/m0/s1. The van der Waals surface area contributed by atoms with Gasteiger partial charge in [0.05, 0.1) is 28.7 Å². The number of rotatable bonds is 4. The summed E-state index contributed by atoms with van der Waals surface area (Å²) < 4.78 is 32.2. The predicted octanol–water partition coefficient (Wildman–Crippen LogP) is 3.22. The average molecular weight is 508 g/mol. The zero-order valence-corrected chi connectivity index (χ0v) is 19.2. The van der Waals surface area contributed by atoms with E-state index in [-0.39, 0.29) is 29.1 Å². The van der Waals surface area contributed by atoms with Gasteiger partial charge in [0.25, 0.3) is 5.56 Å². The summed E-state index contributed by atoms with van der Waals surface area (Å²) in [5.41, 5.74) is 7.29. The number of fused-ring (bicyclic) bond motifs is 1. The maximum Gasteiger partial charge on any atom is 0.254 e. The van der Waals surface area contributed by atoms with Crippen LogP contribution in [0.15, 0.2) is 64.0 Å². The molecule has 0 radical (unpaired) electrons. The number of hydrogen-bond acceptors (Lipinski definition) is 8. The quantitative estimate of drug-likeness (QED) is 0.331. The fourth-order valence-electron chi connectivity index (χ4n) is 4.65. The summed E-state index contributed by atoms with van der Waals surface area (Å²) in [5.74, 6) is -1.03. The Kier molecular flexibility index (Phi) is 5.18. The molecule has 0 spiro atoms. The molecule has 0 amide bonds. The predicted molar refractivity (Wildman–Crippen MR) is 127 cm³/mol. The molecule has 180 valence electrons. The van der Waals surface area contributed by atoms with Crippen molar-refractivity contribution in [2.75, 3.05) is 5.73 Å². The molecule has 36 heavy (non-hydrogen) atoms. The van der Waals surface area contributed by atoms with Crippen molar-refractivity contribution in [1.29, 1.82) is 0 Å². The Balaban J connectivity index is 1.36. The van der Waals surface area contributed by atoms with Crippen molar-refractivity contribution in [3.8, 4) is 16.9 Å². The number of nitrogens with zero attached hydrogens (tertiary/aromatic N) is 8. The second-order valence-corrected chi connectivity index (χ2v) is 8.80.